The van der Waals surface area contributed by atoms with Crippen molar-refractivity contribution in [3.63, 3.8) is 0 Å². The third-order valence-corrected chi connectivity index (χ3v) is 4.35. The summed E-state index contributed by atoms with van der Waals surface area (Å²) in [5.41, 5.74) is 1.20. The number of ether oxygens (including phenoxy) is 2. The van der Waals surface area contributed by atoms with Crippen molar-refractivity contribution in [2.24, 2.45) is 0 Å². The molecule has 3 N–H and O–H groups in total. The first-order valence-electron chi connectivity index (χ1n) is 8.92. The van der Waals surface area contributed by atoms with Crippen LogP contribution >= 0.6 is 0 Å². The van der Waals surface area contributed by atoms with Gasteiger partial charge in [0.15, 0.2) is 17.5 Å². The lowest BCUT2D eigenvalue weighted by Crippen LogP contribution is -2.34. The Morgan fingerprint density at radius 2 is 1.62 bits per heavy atom. The van der Waals surface area contributed by atoms with Gasteiger partial charge in [0.1, 0.15) is 0 Å². The Kier molecular flexibility index (Phi) is 7.59. The average Bonchev–Trinajstić information content (AvgIpc) is 2.71. The first kappa shape index (κ1) is 21.7. The Morgan fingerprint density at radius 1 is 1.00 bits per heavy atom. The first-order chi connectivity index (χ1) is 13.9. The second kappa shape index (κ2) is 10.1. The summed E-state index contributed by atoms with van der Waals surface area (Å²) in [6, 6.07) is 10.0. The third-order valence-electron chi connectivity index (χ3n) is 4.35. The molecule has 0 fully saturated rings. The molecule has 1 atom stereocenters. The van der Waals surface area contributed by atoms with E-state index in [4.69, 9.17) is 14.6 Å². The molecule has 0 heterocycles. The van der Waals surface area contributed by atoms with Crippen molar-refractivity contribution in [2.75, 3.05) is 14.2 Å². The Hall–Kier alpha value is -3.55. The van der Waals surface area contributed by atoms with Crippen LogP contribution in [-0.4, -0.2) is 42.3 Å². The van der Waals surface area contributed by atoms with Gasteiger partial charge >= 0.3 is 11.9 Å². The number of hydrogen-bond donors (Lipinski definition) is 3. The maximum Gasteiger partial charge on any atom is 0.330 e. The van der Waals surface area contributed by atoms with E-state index >= 15 is 0 Å². The van der Waals surface area contributed by atoms with E-state index in [9.17, 15) is 19.5 Å². The van der Waals surface area contributed by atoms with Gasteiger partial charge in [-0.05, 0) is 48.2 Å². The normalized spacial score (nSPS) is 11.4. The lowest BCUT2D eigenvalue weighted by molar-refractivity contribution is -0.139. The zero-order valence-corrected chi connectivity index (χ0v) is 16.2. The van der Waals surface area contributed by atoms with Crippen molar-refractivity contribution in [1.29, 1.82) is 0 Å². The summed E-state index contributed by atoms with van der Waals surface area (Å²) in [7, 11) is 2.87. The summed E-state index contributed by atoms with van der Waals surface area (Å²) in [6.45, 7) is 0. The van der Waals surface area contributed by atoms with Crippen molar-refractivity contribution in [2.45, 2.75) is 25.3 Å². The monoisotopic (exact) mass is 401 g/mol. The number of nitrogens with one attached hydrogen (secondary N) is 1. The summed E-state index contributed by atoms with van der Waals surface area (Å²) < 4.78 is 10.5. The number of hydrogen-bond acceptors (Lipinski definition) is 5. The molecule has 0 aliphatic heterocycles. The van der Waals surface area contributed by atoms with Crippen molar-refractivity contribution < 1.29 is 34.1 Å². The van der Waals surface area contributed by atoms with Crippen LogP contribution in [0.4, 0.5) is 0 Å². The largest absolute Gasteiger partial charge is 0.493 e. The molecule has 0 saturated heterocycles. The van der Waals surface area contributed by atoms with Gasteiger partial charge in [0.05, 0.1) is 14.2 Å². The van der Waals surface area contributed by atoms with Crippen LogP contribution in [-0.2, 0) is 16.0 Å². The summed E-state index contributed by atoms with van der Waals surface area (Å²) >= 11 is 0. The number of aliphatic carboxylic acids is 2. The predicted molar refractivity (Wildman–Crippen MR) is 104 cm³/mol. The highest BCUT2D eigenvalue weighted by Crippen LogP contribution is 2.34. The second-order valence-electron chi connectivity index (χ2n) is 6.26. The minimum atomic E-state index is -1.35. The number of carboxylic acids is 2. The summed E-state index contributed by atoms with van der Waals surface area (Å²) in [5, 5.41) is 21.2. The molecule has 8 nitrogen and oxygen atoms in total. The fourth-order valence-corrected chi connectivity index (χ4v) is 2.93. The van der Waals surface area contributed by atoms with Crippen molar-refractivity contribution in [3.05, 3.63) is 59.2 Å². The van der Waals surface area contributed by atoms with Gasteiger partial charge in [0.2, 0.25) is 0 Å². The van der Waals surface area contributed by atoms with E-state index in [0.29, 0.717) is 41.0 Å². The van der Waals surface area contributed by atoms with Gasteiger partial charge in [0, 0.05) is 12.0 Å². The SMILES string of the molecule is COc1cc(CCCC(=O)O)c(C(NC(=O)c2ccccc2)C(=O)O)cc1OC. The number of carbonyl (C=O) groups excluding carboxylic acids is 1. The minimum absolute atomic E-state index is 0.0676. The Morgan fingerprint density at radius 3 is 2.17 bits per heavy atom. The molecule has 1 amide bonds. The van der Waals surface area contributed by atoms with E-state index in [-0.39, 0.29) is 6.42 Å². The average molecular weight is 401 g/mol. The second-order valence-corrected chi connectivity index (χ2v) is 6.26. The van der Waals surface area contributed by atoms with E-state index < -0.39 is 23.9 Å². The van der Waals surface area contributed by atoms with E-state index in [2.05, 4.69) is 5.32 Å². The highest BCUT2D eigenvalue weighted by molar-refractivity contribution is 5.96. The van der Waals surface area contributed by atoms with E-state index in [1.807, 2.05) is 0 Å². The quantitative estimate of drug-likeness (QED) is 0.559. The minimum Gasteiger partial charge on any atom is -0.493 e. The highest BCUT2D eigenvalue weighted by atomic mass is 16.5. The van der Waals surface area contributed by atoms with Crippen LogP contribution in [0.5, 0.6) is 11.5 Å². The predicted octanol–water partition coefficient (Wildman–Crippen LogP) is 2.67. The smallest absolute Gasteiger partial charge is 0.330 e. The molecule has 0 radical (unpaired) electrons. The molecule has 2 rings (SSSR count). The van der Waals surface area contributed by atoms with E-state index in [0.717, 1.165) is 0 Å². The molecule has 0 aliphatic carbocycles. The standard InChI is InChI=1S/C21H23NO7/c1-28-16-11-14(9-6-10-18(23)24)15(12-17(16)29-2)19(21(26)27)22-20(25)13-7-4-3-5-8-13/h3-5,7-8,11-12,19H,6,9-10H2,1-2H3,(H,22,25)(H,23,24)(H,26,27). The summed E-state index contributed by atoms with van der Waals surface area (Å²) in [4.78, 5) is 35.3. The molecule has 0 bridgehead atoms. The van der Waals surface area contributed by atoms with E-state index in [1.165, 1.54) is 20.3 Å². The van der Waals surface area contributed by atoms with Gasteiger partial charge in [-0.2, -0.15) is 0 Å². The van der Waals surface area contributed by atoms with Crippen molar-refractivity contribution >= 4 is 17.8 Å². The number of benzene rings is 2. The lowest BCUT2D eigenvalue weighted by atomic mass is 9.95. The molecular weight excluding hydrogens is 378 g/mol. The number of rotatable bonds is 10. The molecule has 154 valence electrons. The molecule has 2 aromatic rings. The third kappa shape index (κ3) is 5.71. The number of carbonyl (C=O) groups is 3. The van der Waals surface area contributed by atoms with Crippen LogP contribution in [0.2, 0.25) is 0 Å². The molecule has 0 aliphatic rings. The van der Waals surface area contributed by atoms with Gasteiger partial charge in [-0.3, -0.25) is 9.59 Å². The molecule has 2 aromatic carbocycles. The van der Waals surface area contributed by atoms with Gasteiger partial charge < -0.3 is 25.0 Å². The van der Waals surface area contributed by atoms with Crippen LogP contribution in [0.3, 0.4) is 0 Å². The maximum absolute atomic E-state index is 12.5. The van der Waals surface area contributed by atoms with Gasteiger partial charge in [-0.1, -0.05) is 18.2 Å². The number of methoxy groups -OCH3 is 2. The van der Waals surface area contributed by atoms with Gasteiger partial charge in [-0.25, -0.2) is 4.79 Å². The molecule has 0 aromatic heterocycles. The molecule has 0 saturated carbocycles. The van der Waals surface area contributed by atoms with Crippen LogP contribution in [0, 0.1) is 0 Å². The van der Waals surface area contributed by atoms with Crippen LogP contribution in [0.1, 0.15) is 40.4 Å². The molecule has 0 spiro atoms. The number of carboxylic acid groups (broad SMARTS) is 2. The zero-order chi connectivity index (χ0) is 21.4. The Bertz CT molecular complexity index is 880. The van der Waals surface area contributed by atoms with Gasteiger partial charge in [-0.15, -0.1) is 0 Å². The maximum atomic E-state index is 12.5. The topological polar surface area (TPSA) is 122 Å². The Labute approximate surface area is 168 Å². The summed E-state index contributed by atoms with van der Waals surface area (Å²) in [6.07, 6.45) is 0.533. The fraction of sp³-hybridized carbons (Fsp3) is 0.286. The van der Waals surface area contributed by atoms with Crippen LogP contribution < -0.4 is 14.8 Å². The molecule has 1 unspecified atom stereocenters. The van der Waals surface area contributed by atoms with E-state index in [1.54, 1.807) is 36.4 Å². The Balaban J connectivity index is 2.43. The van der Waals surface area contributed by atoms with Crippen LogP contribution in [0.15, 0.2) is 42.5 Å². The number of amides is 1. The molecular formula is C21H23NO7. The highest BCUT2D eigenvalue weighted by Gasteiger charge is 2.27. The van der Waals surface area contributed by atoms with Crippen LogP contribution in [0.25, 0.3) is 0 Å². The van der Waals surface area contributed by atoms with Crippen molar-refractivity contribution in [1.82, 2.24) is 5.32 Å². The molecule has 29 heavy (non-hydrogen) atoms. The molecule has 8 heteroatoms. The first-order valence-corrected chi connectivity index (χ1v) is 8.92. The van der Waals surface area contributed by atoms with Gasteiger partial charge in [0.25, 0.3) is 5.91 Å². The summed E-state index contributed by atoms with van der Waals surface area (Å²) in [5.74, 6) is -2.03. The fourth-order valence-electron chi connectivity index (χ4n) is 2.93. The number of aryl methyl sites for hydroxylation is 1. The van der Waals surface area contributed by atoms with Crippen molar-refractivity contribution in [3.8, 4) is 11.5 Å². The zero-order valence-electron chi connectivity index (χ0n) is 16.2. The lowest BCUT2D eigenvalue weighted by Gasteiger charge is -2.21.